The van der Waals surface area contributed by atoms with Crippen molar-refractivity contribution in [2.24, 2.45) is 7.05 Å². The summed E-state index contributed by atoms with van der Waals surface area (Å²) in [5.74, 6) is -1.88. The van der Waals surface area contributed by atoms with Gasteiger partial charge in [-0.3, -0.25) is 0 Å². The monoisotopic (exact) mass is 379 g/mol. The minimum absolute atomic E-state index is 0.383. The normalized spacial score (nSPS) is 10.7. The van der Waals surface area contributed by atoms with E-state index >= 15 is 0 Å². The first-order chi connectivity index (χ1) is 12.7. The molecule has 142 valence electrons. The molecule has 0 amide bonds. The Morgan fingerprint density at radius 2 is 1.59 bits per heavy atom. The zero-order chi connectivity index (χ0) is 20.0. The molecule has 0 atom stereocenters. The van der Waals surface area contributed by atoms with E-state index in [1.54, 1.807) is 7.05 Å². The van der Waals surface area contributed by atoms with Crippen LogP contribution < -0.4 is 11.1 Å². The van der Waals surface area contributed by atoms with Crippen LogP contribution in [0.5, 0.6) is 0 Å². The predicted molar refractivity (Wildman–Crippen MR) is 94.3 cm³/mol. The van der Waals surface area contributed by atoms with Gasteiger partial charge in [-0.05, 0) is 23.3 Å². The number of aliphatic carboxylic acids is 1. The SMILES string of the molecule is Cn1nc(Nc2ccc(-c3ccccc3)cc2)nc1N.O=C(O)C(F)(F)F. The number of anilines is 3. The van der Waals surface area contributed by atoms with Crippen LogP contribution in [-0.2, 0) is 11.8 Å². The lowest BCUT2D eigenvalue weighted by atomic mass is 10.1. The summed E-state index contributed by atoms with van der Waals surface area (Å²) in [5.41, 5.74) is 8.93. The number of carbonyl (C=O) groups is 1. The summed E-state index contributed by atoms with van der Waals surface area (Å²) < 4.78 is 33.3. The molecule has 4 N–H and O–H groups in total. The van der Waals surface area contributed by atoms with Gasteiger partial charge in [0.1, 0.15) is 0 Å². The lowest BCUT2D eigenvalue weighted by Gasteiger charge is -2.04. The lowest BCUT2D eigenvalue weighted by molar-refractivity contribution is -0.192. The Kier molecular flexibility index (Phi) is 6.01. The van der Waals surface area contributed by atoms with Crippen molar-refractivity contribution in [1.82, 2.24) is 14.8 Å². The molecule has 0 aliphatic carbocycles. The topological polar surface area (TPSA) is 106 Å². The van der Waals surface area contributed by atoms with E-state index < -0.39 is 12.1 Å². The van der Waals surface area contributed by atoms with E-state index in [0.717, 1.165) is 5.69 Å². The summed E-state index contributed by atoms with van der Waals surface area (Å²) in [6.07, 6.45) is -5.08. The van der Waals surface area contributed by atoms with Gasteiger partial charge in [0.15, 0.2) is 0 Å². The first kappa shape index (κ1) is 19.8. The van der Waals surface area contributed by atoms with E-state index in [2.05, 4.69) is 39.7 Å². The third kappa shape index (κ3) is 5.73. The van der Waals surface area contributed by atoms with Gasteiger partial charge < -0.3 is 16.2 Å². The average molecular weight is 379 g/mol. The molecule has 0 aliphatic rings. The van der Waals surface area contributed by atoms with E-state index in [0.29, 0.717) is 11.9 Å². The zero-order valence-corrected chi connectivity index (χ0v) is 14.1. The second kappa shape index (κ2) is 8.21. The number of nitrogens with two attached hydrogens (primary N) is 1. The molecule has 1 heterocycles. The minimum atomic E-state index is -5.08. The zero-order valence-electron chi connectivity index (χ0n) is 14.1. The molecule has 2 aromatic carbocycles. The maximum Gasteiger partial charge on any atom is 0.490 e. The lowest BCUT2D eigenvalue weighted by Crippen LogP contribution is -2.21. The molecule has 3 aromatic rings. The van der Waals surface area contributed by atoms with Crippen LogP contribution in [0.15, 0.2) is 54.6 Å². The Morgan fingerprint density at radius 1 is 1.07 bits per heavy atom. The molecule has 0 saturated heterocycles. The van der Waals surface area contributed by atoms with Crippen LogP contribution in [0.25, 0.3) is 11.1 Å². The van der Waals surface area contributed by atoms with E-state index in [9.17, 15) is 13.2 Å². The van der Waals surface area contributed by atoms with Crippen LogP contribution in [0, 0.1) is 0 Å². The standard InChI is InChI=1S/C15H15N5.C2HF3O2/c1-20-14(16)18-15(19-20)17-13-9-7-12(8-10-13)11-5-3-2-4-6-11;3-2(4,5)1(6)7/h2-10H,1H3,(H3,16,17,18,19);(H,6,7). The van der Waals surface area contributed by atoms with E-state index in [4.69, 9.17) is 15.6 Å². The molecular weight excluding hydrogens is 363 g/mol. The maximum absolute atomic E-state index is 10.6. The number of rotatable bonds is 3. The summed E-state index contributed by atoms with van der Waals surface area (Å²) in [5, 5.41) is 14.4. The van der Waals surface area contributed by atoms with E-state index in [1.165, 1.54) is 15.8 Å². The van der Waals surface area contributed by atoms with Gasteiger partial charge in [-0.15, -0.1) is 5.10 Å². The summed E-state index contributed by atoms with van der Waals surface area (Å²) in [4.78, 5) is 13.0. The second-order valence-electron chi connectivity index (χ2n) is 5.29. The third-order valence-electron chi connectivity index (χ3n) is 3.29. The number of nitrogens with one attached hydrogen (secondary N) is 1. The fourth-order valence-electron chi connectivity index (χ4n) is 1.96. The fraction of sp³-hybridized carbons (Fsp3) is 0.118. The van der Waals surface area contributed by atoms with Crippen LogP contribution in [0.2, 0.25) is 0 Å². The van der Waals surface area contributed by atoms with Crippen LogP contribution in [0.1, 0.15) is 0 Å². The quantitative estimate of drug-likeness (QED) is 0.644. The van der Waals surface area contributed by atoms with Gasteiger partial charge in [0.05, 0.1) is 0 Å². The van der Waals surface area contributed by atoms with Crippen molar-refractivity contribution in [2.75, 3.05) is 11.1 Å². The summed E-state index contributed by atoms with van der Waals surface area (Å²) in [7, 11) is 1.76. The number of nitrogens with zero attached hydrogens (tertiary/aromatic N) is 3. The number of aryl methyl sites for hydroxylation is 1. The number of nitrogen functional groups attached to an aromatic ring is 1. The number of benzene rings is 2. The Bertz CT molecular complexity index is 874. The van der Waals surface area contributed by atoms with Gasteiger partial charge in [-0.1, -0.05) is 42.5 Å². The van der Waals surface area contributed by atoms with E-state index in [1.807, 2.05) is 30.3 Å². The van der Waals surface area contributed by atoms with Crippen molar-refractivity contribution in [1.29, 1.82) is 0 Å². The number of carboxylic acids is 1. The Balaban J connectivity index is 0.000000321. The van der Waals surface area contributed by atoms with Gasteiger partial charge in [0.2, 0.25) is 11.9 Å². The molecule has 0 radical (unpaired) electrons. The van der Waals surface area contributed by atoms with Gasteiger partial charge in [0, 0.05) is 12.7 Å². The van der Waals surface area contributed by atoms with Crippen LogP contribution in [0.3, 0.4) is 0 Å². The molecular formula is C17H16F3N5O2. The number of hydrogen-bond acceptors (Lipinski definition) is 5. The molecule has 0 saturated carbocycles. The fourth-order valence-corrected chi connectivity index (χ4v) is 1.96. The number of hydrogen-bond donors (Lipinski definition) is 3. The van der Waals surface area contributed by atoms with Gasteiger partial charge in [-0.2, -0.15) is 18.2 Å². The van der Waals surface area contributed by atoms with Crippen molar-refractivity contribution in [3.63, 3.8) is 0 Å². The molecule has 0 fully saturated rings. The smallest absolute Gasteiger partial charge is 0.475 e. The van der Waals surface area contributed by atoms with Crippen molar-refractivity contribution >= 4 is 23.6 Å². The number of alkyl halides is 3. The minimum Gasteiger partial charge on any atom is -0.475 e. The third-order valence-corrected chi connectivity index (χ3v) is 3.29. The molecule has 0 unspecified atom stereocenters. The predicted octanol–water partition coefficient (Wildman–Crippen LogP) is 3.44. The molecule has 0 bridgehead atoms. The number of carboxylic acid groups (broad SMARTS) is 1. The highest BCUT2D eigenvalue weighted by atomic mass is 19.4. The van der Waals surface area contributed by atoms with Gasteiger partial charge in [0.25, 0.3) is 0 Å². The van der Waals surface area contributed by atoms with Gasteiger partial charge >= 0.3 is 12.1 Å². The maximum atomic E-state index is 10.6. The largest absolute Gasteiger partial charge is 0.490 e. The summed E-state index contributed by atoms with van der Waals surface area (Å²) >= 11 is 0. The number of halogens is 3. The van der Waals surface area contributed by atoms with Crippen molar-refractivity contribution < 1.29 is 23.1 Å². The van der Waals surface area contributed by atoms with Crippen molar-refractivity contribution in [3.05, 3.63) is 54.6 Å². The van der Waals surface area contributed by atoms with Crippen LogP contribution in [-0.4, -0.2) is 32.0 Å². The number of aromatic nitrogens is 3. The first-order valence-electron chi connectivity index (χ1n) is 7.56. The second-order valence-corrected chi connectivity index (χ2v) is 5.29. The molecule has 1 aromatic heterocycles. The van der Waals surface area contributed by atoms with Gasteiger partial charge in [-0.25, -0.2) is 9.48 Å². The van der Waals surface area contributed by atoms with Crippen LogP contribution in [0.4, 0.5) is 30.8 Å². The first-order valence-corrected chi connectivity index (χ1v) is 7.56. The summed E-state index contributed by atoms with van der Waals surface area (Å²) in [6.45, 7) is 0. The van der Waals surface area contributed by atoms with Crippen molar-refractivity contribution in [3.8, 4) is 11.1 Å². The molecule has 10 heteroatoms. The summed E-state index contributed by atoms with van der Waals surface area (Å²) in [6, 6.07) is 18.4. The highest BCUT2D eigenvalue weighted by molar-refractivity contribution is 5.73. The van der Waals surface area contributed by atoms with E-state index in [-0.39, 0.29) is 0 Å². The molecule has 7 nitrogen and oxygen atoms in total. The average Bonchev–Trinajstić information content (AvgIpc) is 2.93. The van der Waals surface area contributed by atoms with Crippen LogP contribution >= 0.6 is 0 Å². The van der Waals surface area contributed by atoms with Crippen molar-refractivity contribution in [2.45, 2.75) is 6.18 Å². The Morgan fingerprint density at radius 3 is 2.04 bits per heavy atom. The molecule has 0 aliphatic heterocycles. The Hall–Kier alpha value is -3.56. The highest BCUT2D eigenvalue weighted by Gasteiger charge is 2.38. The Labute approximate surface area is 152 Å². The molecule has 27 heavy (non-hydrogen) atoms. The molecule has 0 spiro atoms. The highest BCUT2D eigenvalue weighted by Crippen LogP contribution is 2.22. The molecule has 3 rings (SSSR count).